The summed E-state index contributed by atoms with van der Waals surface area (Å²) < 4.78 is 24.5. The summed E-state index contributed by atoms with van der Waals surface area (Å²) >= 11 is 0. The van der Waals surface area contributed by atoms with E-state index in [4.69, 9.17) is 0 Å². The quantitative estimate of drug-likeness (QED) is 0.224. The van der Waals surface area contributed by atoms with Crippen LogP contribution in [0, 0.1) is 6.92 Å². The van der Waals surface area contributed by atoms with Gasteiger partial charge in [-0.2, -0.15) is 5.10 Å². The Balaban J connectivity index is 0.00000420. The summed E-state index contributed by atoms with van der Waals surface area (Å²) in [6.07, 6.45) is 5.77. The number of hydrogen-bond acceptors (Lipinski definition) is 4. The average molecular weight is 533 g/mol. The van der Waals surface area contributed by atoms with Crippen LogP contribution < -0.4 is 10.6 Å². The molecule has 0 saturated carbocycles. The normalized spacial score (nSPS) is 12.9. The molecular formula is C20H32IN5O2S. The van der Waals surface area contributed by atoms with Crippen LogP contribution in [0.25, 0.3) is 5.69 Å². The SMILES string of the molecule is CN=C(NCCCc1cn(-c2ccccc2)nc1C)NC(C)CCS(C)(=O)=O.I. The van der Waals surface area contributed by atoms with Gasteiger partial charge in [0.05, 0.1) is 17.1 Å². The lowest BCUT2D eigenvalue weighted by molar-refractivity contribution is 0.580. The topological polar surface area (TPSA) is 88.4 Å². The van der Waals surface area contributed by atoms with Crippen LogP contribution in [0.5, 0.6) is 0 Å². The number of guanidine groups is 1. The van der Waals surface area contributed by atoms with Gasteiger partial charge in [0.25, 0.3) is 0 Å². The standard InChI is InChI=1S/C20H31N5O2S.HI/c1-16(12-14-28(4,26)27)23-20(21-3)22-13-8-9-18-15-25(24-17(18)2)19-10-6-5-7-11-19;/h5-7,10-11,15-16H,8-9,12-14H2,1-4H3,(H2,21,22,23);1H. The number of nitrogens with zero attached hydrogens (tertiary/aromatic N) is 3. The molecule has 0 aliphatic rings. The minimum Gasteiger partial charge on any atom is -0.356 e. The number of aryl methyl sites for hydroxylation is 2. The average Bonchev–Trinajstić information content (AvgIpc) is 3.03. The first kappa shape index (κ1) is 25.4. The van der Waals surface area contributed by atoms with Gasteiger partial charge in [0.1, 0.15) is 9.84 Å². The number of nitrogens with one attached hydrogen (secondary N) is 2. The molecule has 9 heteroatoms. The van der Waals surface area contributed by atoms with E-state index in [0.29, 0.717) is 12.4 Å². The summed E-state index contributed by atoms with van der Waals surface area (Å²) in [6, 6.07) is 10.1. The molecule has 0 aliphatic heterocycles. The van der Waals surface area contributed by atoms with Crippen LogP contribution in [0.2, 0.25) is 0 Å². The minimum absolute atomic E-state index is 0. The lowest BCUT2D eigenvalue weighted by Crippen LogP contribution is -2.43. The highest BCUT2D eigenvalue weighted by molar-refractivity contribution is 14.0. The van der Waals surface area contributed by atoms with E-state index in [1.54, 1.807) is 7.05 Å². The molecule has 162 valence electrons. The number of benzene rings is 1. The van der Waals surface area contributed by atoms with Crippen molar-refractivity contribution in [2.75, 3.05) is 25.6 Å². The second kappa shape index (κ2) is 12.2. The molecule has 0 aliphatic carbocycles. The molecule has 2 N–H and O–H groups in total. The van der Waals surface area contributed by atoms with Gasteiger partial charge in [-0.25, -0.2) is 13.1 Å². The van der Waals surface area contributed by atoms with Crippen LogP contribution >= 0.6 is 24.0 Å². The van der Waals surface area contributed by atoms with Gasteiger partial charge in [-0.05, 0) is 50.8 Å². The van der Waals surface area contributed by atoms with Gasteiger partial charge in [0.2, 0.25) is 0 Å². The smallest absolute Gasteiger partial charge is 0.191 e. The summed E-state index contributed by atoms with van der Waals surface area (Å²) in [4.78, 5) is 4.21. The number of aromatic nitrogens is 2. The maximum absolute atomic E-state index is 11.3. The number of sulfone groups is 1. The Hall–Kier alpha value is -1.62. The van der Waals surface area contributed by atoms with Gasteiger partial charge in [-0.1, -0.05) is 18.2 Å². The van der Waals surface area contributed by atoms with E-state index in [9.17, 15) is 8.42 Å². The summed E-state index contributed by atoms with van der Waals surface area (Å²) in [6.45, 7) is 4.76. The molecule has 0 radical (unpaired) electrons. The highest BCUT2D eigenvalue weighted by atomic mass is 127. The first-order chi connectivity index (χ1) is 13.3. The third-order valence-electron chi connectivity index (χ3n) is 4.47. The second-order valence-electron chi connectivity index (χ2n) is 7.09. The van der Waals surface area contributed by atoms with Gasteiger partial charge in [-0.15, -0.1) is 24.0 Å². The Labute approximate surface area is 191 Å². The van der Waals surface area contributed by atoms with Gasteiger partial charge >= 0.3 is 0 Å². The monoisotopic (exact) mass is 533 g/mol. The Kier molecular flexibility index (Phi) is 10.7. The predicted octanol–water partition coefficient (Wildman–Crippen LogP) is 2.72. The zero-order valence-corrected chi connectivity index (χ0v) is 20.7. The van der Waals surface area contributed by atoms with Crippen LogP contribution in [-0.2, 0) is 16.3 Å². The first-order valence-electron chi connectivity index (χ1n) is 9.54. The molecule has 0 saturated heterocycles. The molecule has 0 bridgehead atoms. The second-order valence-corrected chi connectivity index (χ2v) is 9.35. The van der Waals surface area contributed by atoms with Crippen LogP contribution in [0.15, 0.2) is 41.5 Å². The summed E-state index contributed by atoms with van der Waals surface area (Å²) in [5.41, 5.74) is 3.33. The number of rotatable bonds is 9. The van der Waals surface area contributed by atoms with Crippen molar-refractivity contribution in [2.45, 2.75) is 39.2 Å². The summed E-state index contributed by atoms with van der Waals surface area (Å²) in [7, 11) is -1.23. The lowest BCUT2D eigenvalue weighted by atomic mass is 10.1. The van der Waals surface area contributed by atoms with Gasteiger partial charge < -0.3 is 10.6 Å². The van der Waals surface area contributed by atoms with E-state index in [1.165, 1.54) is 11.8 Å². The van der Waals surface area contributed by atoms with Crippen LogP contribution in [0.3, 0.4) is 0 Å². The zero-order valence-electron chi connectivity index (χ0n) is 17.6. The van der Waals surface area contributed by atoms with Crippen molar-refractivity contribution >= 4 is 39.8 Å². The molecule has 1 aromatic heterocycles. The summed E-state index contributed by atoms with van der Waals surface area (Å²) in [5, 5.41) is 11.1. The van der Waals surface area contributed by atoms with E-state index in [-0.39, 0.29) is 35.8 Å². The van der Waals surface area contributed by atoms with Crippen molar-refractivity contribution in [3.63, 3.8) is 0 Å². The van der Waals surface area contributed by atoms with E-state index in [2.05, 4.69) is 26.9 Å². The molecule has 1 aromatic carbocycles. The Morgan fingerprint density at radius 1 is 1.28 bits per heavy atom. The van der Waals surface area contributed by atoms with Crippen molar-refractivity contribution < 1.29 is 8.42 Å². The molecule has 2 aromatic rings. The number of halogens is 1. The molecule has 0 spiro atoms. The first-order valence-corrected chi connectivity index (χ1v) is 11.6. The molecule has 0 amide bonds. The van der Waals surface area contributed by atoms with Gasteiger partial charge in [0, 0.05) is 32.1 Å². The molecule has 1 heterocycles. The molecule has 2 rings (SSSR count). The number of aliphatic imine (C=N–C) groups is 1. The molecule has 29 heavy (non-hydrogen) atoms. The summed E-state index contributed by atoms with van der Waals surface area (Å²) in [5.74, 6) is 0.862. The van der Waals surface area contributed by atoms with Crippen molar-refractivity contribution in [1.29, 1.82) is 0 Å². The fraction of sp³-hybridized carbons (Fsp3) is 0.500. The van der Waals surface area contributed by atoms with E-state index >= 15 is 0 Å². The highest BCUT2D eigenvalue weighted by Gasteiger charge is 2.10. The third-order valence-corrected chi connectivity index (χ3v) is 5.44. The maximum atomic E-state index is 11.3. The Morgan fingerprint density at radius 2 is 1.97 bits per heavy atom. The van der Waals surface area contributed by atoms with Gasteiger partial charge in [0.15, 0.2) is 5.96 Å². The Morgan fingerprint density at radius 3 is 2.59 bits per heavy atom. The molecule has 7 nitrogen and oxygen atoms in total. The van der Waals surface area contributed by atoms with E-state index < -0.39 is 9.84 Å². The molecule has 1 atom stereocenters. The predicted molar refractivity (Wildman–Crippen MR) is 130 cm³/mol. The van der Waals surface area contributed by atoms with Crippen LogP contribution in [-0.4, -0.2) is 55.8 Å². The molecular weight excluding hydrogens is 501 g/mol. The van der Waals surface area contributed by atoms with Crippen LogP contribution in [0.4, 0.5) is 0 Å². The lowest BCUT2D eigenvalue weighted by Gasteiger charge is -2.17. The maximum Gasteiger partial charge on any atom is 0.191 e. The van der Waals surface area contributed by atoms with E-state index in [0.717, 1.165) is 30.8 Å². The third kappa shape index (κ3) is 9.16. The Bertz CT molecular complexity index is 882. The van der Waals surface area contributed by atoms with Crippen molar-refractivity contribution in [1.82, 2.24) is 20.4 Å². The zero-order chi connectivity index (χ0) is 20.6. The molecule has 1 unspecified atom stereocenters. The van der Waals surface area contributed by atoms with Crippen molar-refractivity contribution in [3.8, 4) is 5.69 Å². The number of para-hydroxylation sites is 1. The largest absolute Gasteiger partial charge is 0.356 e. The van der Waals surface area contributed by atoms with E-state index in [1.807, 2.05) is 48.9 Å². The van der Waals surface area contributed by atoms with Gasteiger partial charge in [-0.3, -0.25) is 4.99 Å². The fourth-order valence-electron chi connectivity index (χ4n) is 2.83. The minimum atomic E-state index is -2.94. The fourth-order valence-corrected chi connectivity index (χ4v) is 3.61. The van der Waals surface area contributed by atoms with Crippen molar-refractivity contribution in [3.05, 3.63) is 47.8 Å². The highest BCUT2D eigenvalue weighted by Crippen LogP contribution is 2.13. The van der Waals surface area contributed by atoms with Crippen molar-refractivity contribution in [2.24, 2.45) is 4.99 Å². The molecule has 0 fully saturated rings. The van der Waals surface area contributed by atoms with Crippen LogP contribution in [0.1, 0.15) is 31.0 Å². The number of hydrogen-bond donors (Lipinski definition) is 2.